The molecule has 3 atom stereocenters. The molecule has 3 unspecified atom stereocenters. The molecule has 144 valence electrons. The van der Waals surface area contributed by atoms with Gasteiger partial charge >= 0.3 is 11.7 Å². The Hall–Kier alpha value is -2.19. The summed E-state index contributed by atoms with van der Waals surface area (Å²) in [4.78, 5) is 27.5. The first kappa shape index (κ1) is 20.1. The molecule has 1 aromatic heterocycles. The number of hydrogen-bond donors (Lipinski definition) is 2. The Morgan fingerprint density at radius 1 is 1.54 bits per heavy atom. The number of esters is 1. The van der Waals surface area contributed by atoms with Crippen molar-refractivity contribution in [2.45, 2.75) is 64.4 Å². The van der Waals surface area contributed by atoms with Crippen molar-refractivity contribution < 1.29 is 19.4 Å². The number of nitrogens with zero attached hydrogens (tertiary/aromatic N) is 2. The summed E-state index contributed by atoms with van der Waals surface area (Å²) in [5, 5.41) is 13.1. The van der Waals surface area contributed by atoms with Crippen LogP contribution in [0, 0.1) is 0 Å². The van der Waals surface area contributed by atoms with Gasteiger partial charge in [0.25, 0.3) is 0 Å². The molecule has 1 saturated heterocycles. The summed E-state index contributed by atoms with van der Waals surface area (Å²) in [6.07, 6.45) is 4.97. The van der Waals surface area contributed by atoms with Gasteiger partial charge in [-0.2, -0.15) is 4.98 Å². The molecular formula is C18H27N3O5. The Kier molecular flexibility index (Phi) is 7.35. The van der Waals surface area contributed by atoms with E-state index >= 15 is 0 Å². The molecule has 8 nitrogen and oxygen atoms in total. The lowest BCUT2D eigenvalue weighted by Crippen LogP contribution is -2.31. The summed E-state index contributed by atoms with van der Waals surface area (Å²) in [6, 6.07) is 1.67. The van der Waals surface area contributed by atoms with Crippen molar-refractivity contribution in [1.29, 1.82) is 0 Å². The molecule has 0 saturated carbocycles. The van der Waals surface area contributed by atoms with Gasteiger partial charge in [-0.15, -0.1) is 0 Å². The summed E-state index contributed by atoms with van der Waals surface area (Å²) >= 11 is 0. The summed E-state index contributed by atoms with van der Waals surface area (Å²) in [7, 11) is 1.37. The van der Waals surface area contributed by atoms with E-state index in [0.29, 0.717) is 31.5 Å². The number of carbonyl (C=O) groups is 1. The zero-order chi connectivity index (χ0) is 19.1. The maximum absolute atomic E-state index is 12.3. The van der Waals surface area contributed by atoms with Gasteiger partial charge in [0.05, 0.1) is 13.2 Å². The van der Waals surface area contributed by atoms with E-state index in [2.05, 4.69) is 15.0 Å². The number of methoxy groups -OCH3 is 1. The number of aliphatic hydroxyl groups is 1. The normalized spacial score (nSPS) is 23.1. The van der Waals surface area contributed by atoms with Crippen molar-refractivity contribution >= 4 is 11.8 Å². The minimum absolute atomic E-state index is 0.103. The molecule has 1 aromatic rings. The minimum atomic E-state index is -0.725. The summed E-state index contributed by atoms with van der Waals surface area (Å²) in [6.45, 7) is 3.86. The molecule has 2 heterocycles. The lowest BCUT2D eigenvalue weighted by atomic mass is 10.1. The van der Waals surface area contributed by atoms with Gasteiger partial charge in [-0.25, -0.2) is 4.79 Å². The van der Waals surface area contributed by atoms with Crippen molar-refractivity contribution in [2.24, 2.45) is 0 Å². The lowest BCUT2D eigenvalue weighted by Gasteiger charge is -2.17. The molecule has 0 radical (unpaired) electrons. The molecule has 0 aliphatic carbocycles. The van der Waals surface area contributed by atoms with Crippen molar-refractivity contribution in [1.82, 2.24) is 9.55 Å². The van der Waals surface area contributed by atoms with E-state index in [-0.39, 0.29) is 12.1 Å². The van der Waals surface area contributed by atoms with Crippen LogP contribution in [0.1, 0.15) is 52.2 Å². The van der Waals surface area contributed by atoms with Gasteiger partial charge in [0.15, 0.2) is 6.23 Å². The highest BCUT2D eigenvalue weighted by Crippen LogP contribution is 2.27. The van der Waals surface area contributed by atoms with Crippen molar-refractivity contribution in [3.05, 3.63) is 34.5 Å². The van der Waals surface area contributed by atoms with E-state index in [0.717, 1.165) is 12.1 Å². The third-order valence-corrected chi connectivity index (χ3v) is 4.17. The van der Waals surface area contributed by atoms with Crippen LogP contribution in [0.15, 0.2) is 28.8 Å². The van der Waals surface area contributed by atoms with Gasteiger partial charge in [0.1, 0.15) is 11.9 Å². The van der Waals surface area contributed by atoms with Gasteiger partial charge in [-0.3, -0.25) is 9.36 Å². The fourth-order valence-corrected chi connectivity index (χ4v) is 2.92. The minimum Gasteiger partial charge on any atom is -0.469 e. The second-order valence-electron chi connectivity index (χ2n) is 6.34. The average molecular weight is 365 g/mol. The fourth-order valence-electron chi connectivity index (χ4n) is 2.92. The molecule has 0 bridgehead atoms. The van der Waals surface area contributed by atoms with E-state index in [1.54, 1.807) is 12.3 Å². The zero-order valence-electron chi connectivity index (χ0n) is 15.5. The standard InChI is InChI=1S/C18H27N3O5/c1-4-6-13(7-5-8-16(23)25-3)19-15-9-10-21(18(24)20-15)17-14(22)11-12(2)26-17/h6,9-10,12,14,17,22H,4-5,7-8,11H2,1-3H3,(H,19,20,24)/b13-6-. The van der Waals surface area contributed by atoms with Crippen LogP contribution < -0.4 is 11.0 Å². The van der Waals surface area contributed by atoms with E-state index < -0.39 is 18.0 Å². The third-order valence-electron chi connectivity index (χ3n) is 4.17. The SMILES string of the molecule is CC/C=C(/CCCC(=O)OC)Nc1ccn(C2OC(C)CC2O)c(=O)n1. The molecule has 1 aliphatic rings. The van der Waals surface area contributed by atoms with Crippen LogP contribution in [-0.4, -0.2) is 39.9 Å². The van der Waals surface area contributed by atoms with Gasteiger partial charge in [0.2, 0.25) is 0 Å². The molecule has 1 fully saturated rings. The molecule has 2 rings (SSSR count). The van der Waals surface area contributed by atoms with E-state index in [9.17, 15) is 14.7 Å². The van der Waals surface area contributed by atoms with Crippen LogP contribution in [0.4, 0.5) is 5.82 Å². The maximum Gasteiger partial charge on any atom is 0.351 e. The van der Waals surface area contributed by atoms with Crippen LogP contribution in [0.25, 0.3) is 0 Å². The predicted octanol–water partition coefficient (Wildman–Crippen LogP) is 1.96. The smallest absolute Gasteiger partial charge is 0.351 e. The zero-order valence-corrected chi connectivity index (χ0v) is 15.5. The van der Waals surface area contributed by atoms with Gasteiger partial charge in [-0.05, 0) is 32.3 Å². The van der Waals surface area contributed by atoms with Crippen LogP contribution in [-0.2, 0) is 14.3 Å². The summed E-state index contributed by atoms with van der Waals surface area (Å²) in [5.41, 5.74) is 0.408. The number of nitrogens with one attached hydrogen (secondary N) is 1. The van der Waals surface area contributed by atoms with Gasteiger partial charge < -0.3 is 19.9 Å². The second kappa shape index (κ2) is 9.49. The number of rotatable bonds is 8. The number of aromatic nitrogens is 2. The van der Waals surface area contributed by atoms with Crippen LogP contribution in [0.3, 0.4) is 0 Å². The highest BCUT2D eigenvalue weighted by molar-refractivity contribution is 5.69. The Labute approximate surface area is 152 Å². The van der Waals surface area contributed by atoms with Crippen molar-refractivity contribution in [3.8, 4) is 0 Å². The van der Waals surface area contributed by atoms with Crippen LogP contribution >= 0.6 is 0 Å². The van der Waals surface area contributed by atoms with Crippen LogP contribution in [0.2, 0.25) is 0 Å². The van der Waals surface area contributed by atoms with E-state index in [1.165, 1.54) is 11.7 Å². The number of ether oxygens (including phenoxy) is 2. The Bertz CT molecular complexity index is 700. The maximum atomic E-state index is 12.3. The predicted molar refractivity (Wildman–Crippen MR) is 96.6 cm³/mol. The molecule has 0 aromatic carbocycles. The summed E-state index contributed by atoms with van der Waals surface area (Å²) < 4.78 is 11.5. The molecule has 0 amide bonds. The quantitative estimate of drug-likeness (QED) is 0.679. The molecular weight excluding hydrogens is 338 g/mol. The lowest BCUT2D eigenvalue weighted by molar-refractivity contribution is -0.140. The first-order valence-electron chi connectivity index (χ1n) is 8.90. The number of aliphatic hydroxyl groups excluding tert-OH is 1. The van der Waals surface area contributed by atoms with E-state index in [1.807, 2.05) is 19.9 Å². The average Bonchev–Trinajstić information content (AvgIpc) is 2.93. The first-order chi connectivity index (χ1) is 12.4. The number of anilines is 1. The molecule has 8 heteroatoms. The van der Waals surface area contributed by atoms with Crippen molar-refractivity contribution in [3.63, 3.8) is 0 Å². The Balaban J connectivity index is 2.03. The monoisotopic (exact) mass is 365 g/mol. The highest BCUT2D eigenvalue weighted by Gasteiger charge is 2.33. The second-order valence-corrected chi connectivity index (χ2v) is 6.34. The molecule has 0 spiro atoms. The Morgan fingerprint density at radius 3 is 2.88 bits per heavy atom. The summed E-state index contributed by atoms with van der Waals surface area (Å²) in [5.74, 6) is 0.176. The van der Waals surface area contributed by atoms with Gasteiger partial charge in [-0.1, -0.05) is 13.0 Å². The third kappa shape index (κ3) is 5.40. The number of allylic oxidation sites excluding steroid dienone is 2. The largest absolute Gasteiger partial charge is 0.469 e. The fraction of sp³-hybridized carbons (Fsp3) is 0.611. The Morgan fingerprint density at radius 2 is 2.31 bits per heavy atom. The highest BCUT2D eigenvalue weighted by atomic mass is 16.5. The van der Waals surface area contributed by atoms with Crippen LogP contribution in [0.5, 0.6) is 0 Å². The molecule has 26 heavy (non-hydrogen) atoms. The molecule has 2 N–H and O–H groups in total. The van der Waals surface area contributed by atoms with Crippen molar-refractivity contribution in [2.75, 3.05) is 12.4 Å². The van der Waals surface area contributed by atoms with E-state index in [4.69, 9.17) is 4.74 Å². The van der Waals surface area contributed by atoms with Gasteiger partial charge in [0, 0.05) is 24.7 Å². The number of hydrogen-bond acceptors (Lipinski definition) is 7. The first-order valence-corrected chi connectivity index (χ1v) is 8.90. The number of carbonyl (C=O) groups excluding carboxylic acids is 1. The molecule has 1 aliphatic heterocycles. The topological polar surface area (TPSA) is 103 Å².